The normalized spacial score (nSPS) is 11.1. The first-order valence-electron chi connectivity index (χ1n) is 11.6. The van der Waals surface area contributed by atoms with Crippen LogP contribution >= 0.6 is 34.8 Å². The molecule has 0 aromatic heterocycles. The highest BCUT2D eigenvalue weighted by Crippen LogP contribution is 2.39. The zero-order valence-corrected chi connectivity index (χ0v) is 23.7. The van der Waals surface area contributed by atoms with Gasteiger partial charge in [0.25, 0.3) is 10.0 Å². The summed E-state index contributed by atoms with van der Waals surface area (Å²) in [6.07, 6.45) is 0. The van der Waals surface area contributed by atoms with Crippen molar-refractivity contribution in [2.45, 2.75) is 11.5 Å². The van der Waals surface area contributed by atoms with Gasteiger partial charge < -0.3 is 14.8 Å². The minimum Gasteiger partial charge on any atom is -0.497 e. The molecule has 7 nitrogen and oxygen atoms in total. The first kappa shape index (κ1) is 28.6. The number of nitrogens with one attached hydrogen (secondary N) is 1. The summed E-state index contributed by atoms with van der Waals surface area (Å²) in [7, 11) is -2.81. The molecule has 11 heteroatoms. The van der Waals surface area contributed by atoms with Crippen molar-refractivity contribution in [2.24, 2.45) is 0 Å². The van der Waals surface area contributed by atoms with Crippen molar-refractivity contribution in [3.8, 4) is 11.5 Å². The van der Waals surface area contributed by atoms with E-state index in [0.717, 1.165) is 9.87 Å². The average molecular weight is 606 g/mol. The predicted molar refractivity (Wildman–Crippen MR) is 155 cm³/mol. The van der Waals surface area contributed by atoms with E-state index in [1.165, 1.54) is 43.5 Å². The summed E-state index contributed by atoms with van der Waals surface area (Å²) < 4.78 is 39.6. The SMILES string of the molecule is COc1ccc(S(=O)(=O)N(CC(=O)Nc2ccc(Cl)cc2)c2cc(OCc3ccccc3)c(Cl)cc2Cl)cc1. The topological polar surface area (TPSA) is 84.9 Å². The predicted octanol–water partition coefficient (Wildman–Crippen LogP) is 7.07. The minimum atomic E-state index is -4.28. The van der Waals surface area contributed by atoms with Crippen LogP contribution < -0.4 is 19.1 Å². The maximum Gasteiger partial charge on any atom is 0.264 e. The highest BCUT2D eigenvalue weighted by Gasteiger charge is 2.30. The monoisotopic (exact) mass is 604 g/mol. The lowest BCUT2D eigenvalue weighted by atomic mass is 10.2. The van der Waals surface area contributed by atoms with Crippen LogP contribution in [0.4, 0.5) is 11.4 Å². The Hall–Kier alpha value is -3.43. The van der Waals surface area contributed by atoms with Crippen LogP contribution in [-0.4, -0.2) is 28.0 Å². The van der Waals surface area contributed by atoms with E-state index in [1.807, 2.05) is 30.3 Å². The second-order valence-corrected chi connectivity index (χ2v) is 11.4. The van der Waals surface area contributed by atoms with Gasteiger partial charge >= 0.3 is 0 Å². The molecule has 0 heterocycles. The molecular weight excluding hydrogens is 583 g/mol. The van der Waals surface area contributed by atoms with E-state index in [9.17, 15) is 13.2 Å². The number of carbonyl (C=O) groups is 1. The molecule has 0 saturated carbocycles. The third-order valence-corrected chi connectivity index (χ3v) is 8.19. The van der Waals surface area contributed by atoms with E-state index < -0.39 is 22.5 Å². The minimum absolute atomic E-state index is 0.0171. The molecule has 0 aliphatic rings. The van der Waals surface area contributed by atoms with Crippen LogP contribution in [0, 0.1) is 0 Å². The Balaban J connectivity index is 1.71. The van der Waals surface area contributed by atoms with Gasteiger partial charge in [0.05, 0.1) is 27.7 Å². The lowest BCUT2D eigenvalue weighted by molar-refractivity contribution is -0.114. The van der Waals surface area contributed by atoms with Gasteiger partial charge in [-0.1, -0.05) is 65.1 Å². The van der Waals surface area contributed by atoms with Gasteiger partial charge in [-0.25, -0.2) is 8.42 Å². The van der Waals surface area contributed by atoms with Crippen molar-refractivity contribution in [3.63, 3.8) is 0 Å². The molecule has 4 rings (SSSR count). The van der Waals surface area contributed by atoms with Gasteiger partial charge in [-0.15, -0.1) is 0 Å². The van der Waals surface area contributed by atoms with Gasteiger partial charge in [0, 0.05) is 16.8 Å². The van der Waals surface area contributed by atoms with E-state index in [0.29, 0.717) is 16.5 Å². The van der Waals surface area contributed by atoms with Crippen molar-refractivity contribution in [1.29, 1.82) is 0 Å². The molecule has 0 spiro atoms. The number of anilines is 2. The lowest BCUT2D eigenvalue weighted by Gasteiger charge is -2.26. The Morgan fingerprint density at radius 1 is 0.872 bits per heavy atom. The third kappa shape index (κ3) is 7.16. The third-order valence-electron chi connectivity index (χ3n) is 5.57. The summed E-state index contributed by atoms with van der Waals surface area (Å²) in [5.41, 5.74) is 1.35. The van der Waals surface area contributed by atoms with E-state index in [2.05, 4.69) is 5.32 Å². The Bertz CT molecular complexity index is 1550. The van der Waals surface area contributed by atoms with Crippen LogP contribution in [0.3, 0.4) is 0 Å². The summed E-state index contributed by atoms with van der Waals surface area (Å²) in [4.78, 5) is 13.0. The van der Waals surface area contributed by atoms with Crippen LogP contribution in [0.5, 0.6) is 11.5 Å². The van der Waals surface area contributed by atoms with Gasteiger partial charge in [-0.05, 0) is 60.2 Å². The van der Waals surface area contributed by atoms with Crippen LogP contribution in [-0.2, 0) is 21.4 Å². The number of halogens is 3. The van der Waals surface area contributed by atoms with E-state index >= 15 is 0 Å². The second kappa shape index (κ2) is 12.6. The van der Waals surface area contributed by atoms with E-state index in [1.54, 1.807) is 24.3 Å². The maximum absolute atomic E-state index is 13.8. The Kier molecular flexibility index (Phi) is 9.24. The van der Waals surface area contributed by atoms with Gasteiger partial charge in [0.2, 0.25) is 5.91 Å². The number of amides is 1. The van der Waals surface area contributed by atoms with Crippen molar-refractivity contribution in [1.82, 2.24) is 0 Å². The fourth-order valence-corrected chi connectivity index (χ4v) is 5.74. The Morgan fingerprint density at radius 2 is 1.54 bits per heavy atom. The smallest absolute Gasteiger partial charge is 0.264 e. The zero-order chi connectivity index (χ0) is 28.0. The molecule has 0 saturated heterocycles. The molecule has 4 aromatic rings. The number of sulfonamides is 1. The Morgan fingerprint density at radius 3 is 2.18 bits per heavy atom. The number of nitrogens with zero attached hydrogens (tertiary/aromatic N) is 1. The summed E-state index contributed by atoms with van der Waals surface area (Å²) in [6, 6.07) is 24.4. The second-order valence-electron chi connectivity index (χ2n) is 8.25. The number of rotatable bonds is 10. The van der Waals surface area contributed by atoms with Crippen molar-refractivity contribution in [3.05, 3.63) is 112 Å². The fourth-order valence-electron chi connectivity index (χ4n) is 3.59. The summed E-state index contributed by atoms with van der Waals surface area (Å²) in [5, 5.41) is 3.38. The average Bonchev–Trinajstić information content (AvgIpc) is 2.93. The molecule has 0 radical (unpaired) electrons. The van der Waals surface area contributed by atoms with Crippen molar-refractivity contribution in [2.75, 3.05) is 23.3 Å². The number of carbonyl (C=O) groups excluding carboxylic acids is 1. The molecule has 0 fully saturated rings. The summed E-state index contributed by atoms with van der Waals surface area (Å²) in [5.74, 6) is 0.0715. The molecular formula is C28H23Cl3N2O5S. The van der Waals surface area contributed by atoms with Crippen LogP contribution in [0.2, 0.25) is 15.1 Å². The van der Waals surface area contributed by atoms with E-state index in [4.69, 9.17) is 44.3 Å². The van der Waals surface area contributed by atoms with Crippen molar-refractivity contribution < 1.29 is 22.7 Å². The first-order chi connectivity index (χ1) is 18.7. The Labute approximate surface area is 241 Å². The van der Waals surface area contributed by atoms with E-state index in [-0.39, 0.29) is 33.0 Å². The number of hydrogen-bond donors (Lipinski definition) is 1. The maximum atomic E-state index is 13.8. The standard InChI is InChI=1S/C28H23Cl3N2O5S/c1-37-22-11-13-23(14-12-22)39(35,36)33(17-28(34)32-21-9-7-20(29)8-10-21)26-16-27(25(31)15-24(26)30)38-18-19-5-3-2-4-6-19/h2-16H,17-18H2,1H3,(H,32,34). The first-order valence-corrected chi connectivity index (χ1v) is 14.1. The molecule has 0 aliphatic heterocycles. The van der Waals surface area contributed by atoms with Crippen LogP contribution in [0.25, 0.3) is 0 Å². The molecule has 0 bridgehead atoms. The number of hydrogen-bond acceptors (Lipinski definition) is 5. The highest BCUT2D eigenvalue weighted by molar-refractivity contribution is 7.92. The lowest BCUT2D eigenvalue weighted by Crippen LogP contribution is -2.38. The molecule has 1 N–H and O–H groups in total. The largest absolute Gasteiger partial charge is 0.497 e. The quantitative estimate of drug-likeness (QED) is 0.209. The fraction of sp³-hybridized carbons (Fsp3) is 0.107. The number of ether oxygens (including phenoxy) is 2. The molecule has 4 aromatic carbocycles. The van der Waals surface area contributed by atoms with Gasteiger partial charge in [-0.3, -0.25) is 9.10 Å². The molecule has 1 amide bonds. The van der Waals surface area contributed by atoms with Crippen LogP contribution in [0.15, 0.2) is 95.9 Å². The molecule has 202 valence electrons. The summed E-state index contributed by atoms with van der Waals surface area (Å²) >= 11 is 18.8. The van der Waals surface area contributed by atoms with Gasteiger partial charge in [0.1, 0.15) is 24.7 Å². The van der Waals surface area contributed by atoms with Crippen molar-refractivity contribution >= 4 is 62.1 Å². The summed E-state index contributed by atoms with van der Waals surface area (Å²) in [6.45, 7) is -0.402. The zero-order valence-electron chi connectivity index (χ0n) is 20.6. The molecule has 0 atom stereocenters. The van der Waals surface area contributed by atoms with Gasteiger partial charge in [0.15, 0.2) is 0 Å². The number of benzene rings is 4. The van der Waals surface area contributed by atoms with Crippen LogP contribution in [0.1, 0.15) is 5.56 Å². The number of methoxy groups -OCH3 is 1. The van der Waals surface area contributed by atoms with Gasteiger partial charge in [-0.2, -0.15) is 0 Å². The molecule has 0 aliphatic carbocycles. The molecule has 39 heavy (non-hydrogen) atoms. The molecule has 0 unspecified atom stereocenters. The highest BCUT2D eigenvalue weighted by atomic mass is 35.5.